The Kier molecular flexibility index (Phi) is 6.20. The molecular formula is C29H21ClFN7O. The monoisotopic (exact) mass is 537 g/mol. The molecule has 0 unspecified atom stereocenters. The molecule has 8 nitrogen and oxygen atoms in total. The van der Waals surface area contributed by atoms with Crippen LogP contribution in [0.1, 0.15) is 24.5 Å². The normalized spacial score (nSPS) is 12.1. The van der Waals surface area contributed by atoms with Crippen molar-refractivity contribution in [1.29, 1.82) is 0 Å². The summed E-state index contributed by atoms with van der Waals surface area (Å²) in [6.45, 7) is 3.69. The molecule has 0 aliphatic heterocycles. The standard InChI is InChI=1S/C29H21ClFN7O/c1-16(35-27-26-23(10-5-11-32-26)36-29(30)37-27)24-12-18-6-3-9-22(19-14-33-17(2)34-15-19)25(18)28(39)38(24)21-8-4-7-20(31)13-21/h3-16H,1-2H3,(H,35,36,37)/t16-/m0/s1. The van der Waals surface area contributed by atoms with Crippen LogP contribution in [-0.2, 0) is 0 Å². The number of hydrogen-bond acceptors (Lipinski definition) is 7. The zero-order chi connectivity index (χ0) is 27.1. The van der Waals surface area contributed by atoms with Crippen molar-refractivity contribution in [2.75, 3.05) is 5.32 Å². The first-order valence-corrected chi connectivity index (χ1v) is 12.6. The lowest BCUT2D eigenvalue weighted by Crippen LogP contribution is -2.26. The highest BCUT2D eigenvalue weighted by Crippen LogP contribution is 2.31. The second-order valence-electron chi connectivity index (χ2n) is 9.06. The largest absolute Gasteiger partial charge is 0.360 e. The molecule has 39 heavy (non-hydrogen) atoms. The smallest absolute Gasteiger partial charge is 0.263 e. The van der Waals surface area contributed by atoms with E-state index in [2.05, 4.69) is 30.2 Å². The minimum atomic E-state index is -0.465. The van der Waals surface area contributed by atoms with Crippen molar-refractivity contribution >= 4 is 39.2 Å². The van der Waals surface area contributed by atoms with Gasteiger partial charge in [-0.1, -0.05) is 24.3 Å². The summed E-state index contributed by atoms with van der Waals surface area (Å²) in [6.07, 6.45) is 5.03. The molecule has 0 bridgehead atoms. The van der Waals surface area contributed by atoms with Crippen LogP contribution >= 0.6 is 11.6 Å². The van der Waals surface area contributed by atoms with Crippen LogP contribution < -0.4 is 10.9 Å². The second-order valence-corrected chi connectivity index (χ2v) is 9.39. The Morgan fingerprint density at radius 1 is 0.974 bits per heavy atom. The van der Waals surface area contributed by atoms with E-state index in [9.17, 15) is 9.18 Å². The quantitative estimate of drug-likeness (QED) is 0.267. The van der Waals surface area contributed by atoms with E-state index < -0.39 is 11.9 Å². The fourth-order valence-electron chi connectivity index (χ4n) is 4.67. The number of nitrogens with one attached hydrogen (secondary N) is 1. The van der Waals surface area contributed by atoms with Crippen molar-refractivity contribution in [2.24, 2.45) is 0 Å². The lowest BCUT2D eigenvalue weighted by Gasteiger charge is -2.22. The van der Waals surface area contributed by atoms with Crippen LogP contribution in [0.2, 0.25) is 5.28 Å². The number of halogens is 2. The van der Waals surface area contributed by atoms with E-state index in [-0.39, 0.29) is 10.8 Å². The molecule has 1 atom stereocenters. The van der Waals surface area contributed by atoms with Crippen molar-refractivity contribution in [1.82, 2.24) is 29.5 Å². The minimum Gasteiger partial charge on any atom is -0.360 e. The highest BCUT2D eigenvalue weighted by Gasteiger charge is 2.21. The lowest BCUT2D eigenvalue weighted by molar-refractivity contribution is 0.625. The molecule has 2 aromatic carbocycles. The van der Waals surface area contributed by atoms with Gasteiger partial charge in [0.1, 0.15) is 17.2 Å². The number of pyridine rings is 2. The van der Waals surface area contributed by atoms with Crippen molar-refractivity contribution in [3.05, 3.63) is 112 Å². The van der Waals surface area contributed by atoms with Crippen molar-refractivity contribution in [3.8, 4) is 16.8 Å². The molecule has 6 rings (SSSR count). The predicted molar refractivity (Wildman–Crippen MR) is 150 cm³/mol. The molecule has 6 aromatic rings. The summed E-state index contributed by atoms with van der Waals surface area (Å²) in [6, 6.07) is 16.6. The molecule has 4 aromatic heterocycles. The first-order valence-electron chi connectivity index (χ1n) is 12.2. The van der Waals surface area contributed by atoms with Crippen LogP contribution in [0, 0.1) is 12.7 Å². The van der Waals surface area contributed by atoms with Crippen LogP contribution in [0.15, 0.2) is 84.0 Å². The first kappa shape index (κ1) is 24.6. The van der Waals surface area contributed by atoms with Crippen LogP contribution in [0.3, 0.4) is 0 Å². The SMILES string of the molecule is Cc1ncc(-c2cccc3cc([C@H](C)Nc4nc(Cl)nc5cccnc45)n(-c4cccc(F)c4)c(=O)c23)cn1. The van der Waals surface area contributed by atoms with E-state index in [4.69, 9.17) is 11.6 Å². The van der Waals surface area contributed by atoms with E-state index in [1.807, 2.05) is 31.2 Å². The number of benzene rings is 2. The number of hydrogen-bond donors (Lipinski definition) is 1. The zero-order valence-electron chi connectivity index (χ0n) is 20.9. The topological polar surface area (TPSA) is 98.5 Å². The number of fused-ring (bicyclic) bond motifs is 2. The fourth-order valence-corrected chi connectivity index (χ4v) is 4.85. The molecule has 192 valence electrons. The van der Waals surface area contributed by atoms with E-state index in [1.54, 1.807) is 49.8 Å². The van der Waals surface area contributed by atoms with Crippen LogP contribution in [-0.4, -0.2) is 29.5 Å². The number of rotatable bonds is 5. The molecule has 4 heterocycles. The van der Waals surface area contributed by atoms with Gasteiger partial charge in [0.05, 0.1) is 22.6 Å². The van der Waals surface area contributed by atoms with Gasteiger partial charge in [0.25, 0.3) is 5.56 Å². The van der Waals surface area contributed by atoms with Gasteiger partial charge in [-0.05, 0) is 72.8 Å². The summed E-state index contributed by atoms with van der Waals surface area (Å²) >= 11 is 6.19. The van der Waals surface area contributed by atoms with Gasteiger partial charge in [-0.15, -0.1) is 0 Å². The molecule has 0 aliphatic rings. The third kappa shape index (κ3) is 4.57. The Morgan fingerprint density at radius 2 is 1.77 bits per heavy atom. The van der Waals surface area contributed by atoms with Gasteiger partial charge in [-0.2, -0.15) is 4.98 Å². The van der Waals surface area contributed by atoms with E-state index in [0.29, 0.717) is 50.6 Å². The number of aromatic nitrogens is 6. The maximum atomic E-state index is 14.4. The maximum absolute atomic E-state index is 14.4. The summed E-state index contributed by atoms with van der Waals surface area (Å²) in [5.41, 5.74) is 3.20. The summed E-state index contributed by atoms with van der Waals surface area (Å²) in [7, 11) is 0. The Balaban J connectivity index is 1.58. The second kappa shape index (κ2) is 9.85. The average molecular weight is 538 g/mol. The minimum absolute atomic E-state index is 0.0659. The lowest BCUT2D eigenvalue weighted by atomic mass is 9.99. The average Bonchev–Trinajstić information content (AvgIpc) is 2.93. The van der Waals surface area contributed by atoms with Gasteiger partial charge in [0.15, 0.2) is 5.82 Å². The molecule has 1 N–H and O–H groups in total. The predicted octanol–water partition coefficient (Wildman–Crippen LogP) is 6.06. The number of aryl methyl sites for hydroxylation is 1. The summed E-state index contributed by atoms with van der Waals surface area (Å²) < 4.78 is 15.9. The summed E-state index contributed by atoms with van der Waals surface area (Å²) in [5.74, 6) is 0.594. The van der Waals surface area contributed by atoms with E-state index in [0.717, 1.165) is 5.39 Å². The molecule has 0 saturated carbocycles. The van der Waals surface area contributed by atoms with Gasteiger partial charge < -0.3 is 5.32 Å². The van der Waals surface area contributed by atoms with Crippen LogP contribution in [0.25, 0.3) is 38.6 Å². The molecule has 0 amide bonds. The van der Waals surface area contributed by atoms with Gasteiger partial charge >= 0.3 is 0 Å². The molecular weight excluding hydrogens is 517 g/mol. The first-order chi connectivity index (χ1) is 18.9. The van der Waals surface area contributed by atoms with Crippen molar-refractivity contribution < 1.29 is 4.39 Å². The summed E-state index contributed by atoms with van der Waals surface area (Å²) in [5, 5.41) is 4.60. The number of anilines is 1. The Hall–Kier alpha value is -4.76. The Morgan fingerprint density at radius 3 is 2.56 bits per heavy atom. The fraction of sp³-hybridized carbons (Fsp3) is 0.103. The molecule has 0 radical (unpaired) electrons. The maximum Gasteiger partial charge on any atom is 0.263 e. The Labute approximate surface area is 227 Å². The van der Waals surface area contributed by atoms with Gasteiger partial charge in [-0.3, -0.25) is 14.3 Å². The van der Waals surface area contributed by atoms with Crippen LogP contribution in [0.4, 0.5) is 10.2 Å². The van der Waals surface area contributed by atoms with Crippen molar-refractivity contribution in [2.45, 2.75) is 19.9 Å². The van der Waals surface area contributed by atoms with Crippen molar-refractivity contribution in [3.63, 3.8) is 0 Å². The third-order valence-corrected chi connectivity index (χ3v) is 6.63. The van der Waals surface area contributed by atoms with Gasteiger partial charge in [0, 0.05) is 29.8 Å². The van der Waals surface area contributed by atoms with E-state index >= 15 is 0 Å². The molecule has 10 heteroatoms. The molecule has 0 spiro atoms. The van der Waals surface area contributed by atoms with Gasteiger partial charge in [0.2, 0.25) is 5.28 Å². The number of nitrogens with zero attached hydrogens (tertiary/aromatic N) is 6. The third-order valence-electron chi connectivity index (χ3n) is 6.46. The molecule has 0 fully saturated rings. The van der Waals surface area contributed by atoms with Crippen LogP contribution in [0.5, 0.6) is 0 Å². The zero-order valence-corrected chi connectivity index (χ0v) is 21.7. The highest BCUT2D eigenvalue weighted by atomic mass is 35.5. The molecule has 0 saturated heterocycles. The summed E-state index contributed by atoms with van der Waals surface area (Å²) in [4.78, 5) is 35.8. The van der Waals surface area contributed by atoms with E-state index in [1.165, 1.54) is 16.7 Å². The van der Waals surface area contributed by atoms with Gasteiger partial charge in [-0.25, -0.2) is 19.3 Å². The Bertz CT molecular complexity index is 1920. The molecule has 0 aliphatic carbocycles. The highest BCUT2D eigenvalue weighted by molar-refractivity contribution is 6.28.